The standard InChI is InChI=1S/C20H31BrN2/c1-5-9-10-16-12-11-15(6-2)19-18(16)17(20(21)22-19)13-14-23(7-3)8-4/h11-12,22H,5-10,13-14H2,1-4H3. The fraction of sp³-hybridized carbons (Fsp3) is 0.600. The van der Waals surface area contributed by atoms with Crippen molar-refractivity contribution in [3.63, 3.8) is 0 Å². The number of aryl methyl sites for hydroxylation is 2. The summed E-state index contributed by atoms with van der Waals surface area (Å²) < 4.78 is 1.18. The van der Waals surface area contributed by atoms with Crippen LogP contribution in [0, 0.1) is 0 Å². The Hall–Kier alpha value is -0.800. The fourth-order valence-electron chi connectivity index (χ4n) is 3.39. The molecular weight excluding hydrogens is 348 g/mol. The van der Waals surface area contributed by atoms with Crippen LogP contribution >= 0.6 is 15.9 Å². The first-order chi connectivity index (χ1) is 11.2. The molecule has 3 heteroatoms. The highest BCUT2D eigenvalue weighted by atomic mass is 79.9. The van der Waals surface area contributed by atoms with Gasteiger partial charge in [-0.05, 0) is 71.4 Å². The summed E-state index contributed by atoms with van der Waals surface area (Å²) in [6.07, 6.45) is 5.87. The zero-order valence-corrected chi connectivity index (χ0v) is 16.7. The Balaban J connectivity index is 2.43. The average Bonchev–Trinajstić information content (AvgIpc) is 2.90. The summed E-state index contributed by atoms with van der Waals surface area (Å²) >= 11 is 3.80. The number of hydrogen-bond donors (Lipinski definition) is 1. The Morgan fingerprint density at radius 1 is 1.00 bits per heavy atom. The van der Waals surface area contributed by atoms with E-state index in [2.05, 4.69) is 65.6 Å². The number of nitrogens with one attached hydrogen (secondary N) is 1. The molecular formula is C20H31BrN2. The number of likely N-dealkylation sites (N-methyl/N-ethyl adjacent to an activating group) is 1. The molecule has 0 amide bonds. The number of aromatic nitrogens is 1. The summed E-state index contributed by atoms with van der Waals surface area (Å²) in [4.78, 5) is 6.12. The summed E-state index contributed by atoms with van der Waals surface area (Å²) in [7, 11) is 0. The van der Waals surface area contributed by atoms with Crippen LogP contribution in [-0.4, -0.2) is 29.5 Å². The Bertz CT molecular complexity index is 626. The van der Waals surface area contributed by atoms with Gasteiger partial charge in [-0.15, -0.1) is 0 Å². The molecule has 1 N–H and O–H groups in total. The molecule has 0 saturated carbocycles. The van der Waals surface area contributed by atoms with Crippen LogP contribution in [0.2, 0.25) is 0 Å². The van der Waals surface area contributed by atoms with Crippen molar-refractivity contribution in [1.29, 1.82) is 0 Å². The van der Waals surface area contributed by atoms with Crippen molar-refractivity contribution in [2.75, 3.05) is 19.6 Å². The Kier molecular flexibility index (Phi) is 7.16. The first-order valence-corrected chi connectivity index (χ1v) is 9.98. The maximum atomic E-state index is 3.80. The van der Waals surface area contributed by atoms with Gasteiger partial charge in [-0.1, -0.05) is 46.2 Å². The average molecular weight is 379 g/mol. The fourth-order valence-corrected chi connectivity index (χ4v) is 3.98. The molecule has 23 heavy (non-hydrogen) atoms. The minimum Gasteiger partial charge on any atom is -0.349 e. The van der Waals surface area contributed by atoms with E-state index >= 15 is 0 Å². The van der Waals surface area contributed by atoms with Crippen LogP contribution in [0.5, 0.6) is 0 Å². The third-order valence-corrected chi connectivity index (χ3v) is 5.61. The zero-order chi connectivity index (χ0) is 16.8. The topological polar surface area (TPSA) is 19.0 Å². The van der Waals surface area contributed by atoms with Gasteiger partial charge in [0.25, 0.3) is 0 Å². The number of aromatic amines is 1. The number of benzene rings is 1. The number of halogens is 1. The van der Waals surface area contributed by atoms with Gasteiger partial charge >= 0.3 is 0 Å². The van der Waals surface area contributed by atoms with Crippen LogP contribution in [0.25, 0.3) is 10.9 Å². The number of hydrogen-bond acceptors (Lipinski definition) is 1. The van der Waals surface area contributed by atoms with E-state index in [1.807, 2.05) is 0 Å². The first-order valence-electron chi connectivity index (χ1n) is 9.19. The van der Waals surface area contributed by atoms with Crippen LogP contribution in [0.1, 0.15) is 57.2 Å². The molecule has 0 aliphatic rings. The van der Waals surface area contributed by atoms with Crippen molar-refractivity contribution in [1.82, 2.24) is 9.88 Å². The molecule has 0 atom stereocenters. The first kappa shape index (κ1) is 18.5. The molecule has 0 spiro atoms. The van der Waals surface area contributed by atoms with Crippen molar-refractivity contribution < 1.29 is 0 Å². The van der Waals surface area contributed by atoms with E-state index in [0.29, 0.717) is 0 Å². The molecule has 2 nitrogen and oxygen atoms in total. The second kappa shape index (κ2) is 8.89. The molecule has 0 saturated heterocycles. The summed E-state index contributed by atoms with van der Waals surface area (Å²) in [5.74, 6) is 0. The lowest BCUT2D eigenvalue weighted by molar-refractivity contribution is 0.308. The van der Waals surface area contributed by atoms with Gasteiger partial charge in [0.05, 0.1) is 10.1 Å². The summed E-state index contributed by atoms with van der Waals surface area (Å²) in [6.45, 7) is 12.4. The number of H-pyrrole nitrogens is 1. The molecule has 1 heterocycles. The highest BCUT2D eigenvalue weighted by Crippen LogP contribution is 2.33. The second-order valence-electron chi connectivity index (χ2n) is 6.29. The normalized spacial score (nSPS) is 11.7. The Labute approximate surface area is 149 Å². The van der Waals surface area contributed by atoms with Crippen LogP contribution in [0.4, 0.5) is 0 Å². The van der Waals surface area contributed by atoms with Gasteiger partial charge in [0, 0.05) is 11.9 Å². The molecule has 128 valence electrons. The van der Waals surface area contributed by atoms with Crippen LogP contribution < -0.4 is 0 Å². The van der Waals surface area contributed by atoms with E-state index in [1.54, 1.807) is 0 Å². The predicted octanol–water partition coefficient (Wildman–Crippen LogP) is 5.72. The SMILES string of the molecule is CCCCc1ccc(CC)c2[nH]c(Br)c(CCN(CC)CC)c12. The van der Waals surface area contributed by atoms with E-state index in [1.165, 1.54) is 51.5 Å². The zero-order valence-electron chi connectivity index (χ0n) is 15.1. The minimum absolute atomic E-state index is 1.08. The van der Waals surface area contributed by atoms with Gasteiger partial charge in [-0.25, -0.2) is 0 Å². The Morgan fingerprint density at radius 2 is 1.70 bits per heavy atom. The minimum atomic E-state index is 1.08. The summed E-state index contributed by atoms with van der Waals surface area (Å²) in [6, 6.07) is 4.67. The molecule has 2 rings (SSSR count). The maximum Gasteiger partial charge on any atom is 0.0864 e. The monoisotopic (exact) mass is 378 g/mol. The van der Waals surface area contributed by atoms with Gasteiger partial charge in [0.2, 0.25) is 0 Å². The number of unbranched alkanes of at least 4 members (excludes halogenated alkanes) is 1. The van der Waals surface area contributed by atoms with E-state index in [4.69, 9.17) is 0 Å². The molecule has 1 aromatic heterocycles. The molecule has 0 aliphatic heterocycles. The maximum absolute atomic E-state index is 3.80. The van der Waals surface area contributed by atoms with Crippen molar-refractivity contribution in [3.8, 4) is 0 Å². The predicted molar refractivity (Wildman–Crippen MR) is 105 cm³/mol. The van der Waals surface area contributed by atoms with Crippen LogP contribution in [0.3, 0.4) is 0 Å². The lowest BCUT2D eigenvalue weighted by atomic mass is 9.96. The van der Waals surface area contributed by atoms with Crippen LogP contribution in [0.15, 0.2) is 16.7 Å². The van der Waals surface area contributed by atoms with Gasteiger partial charge in [0.15, 0.2) is 0 Å². The van der Waals surface area contributed by atoms with Crippen molar-refractivity contribution in [2.24, 2.45) is 0 Å². The van der Waals surface area contributed by atoms with Gasteiger partial charge in [-0.2, -0.15) is 0 Å². The van der Waals surface area contributed by atoms with Gasteiger partial charge in [0.1, 0.15) is 0 Å². The van der Waals surface area contributed by atoms with Gasteiger partial charge in [-0.3, -0.25) is 0 Å². The highest BCUT2D eigenvalue weighted by molar-refractivity contribution is 9.10. The van der Waals surface area contributed by atoms with Crippen LogP contribution in [-0.2, 0) is 19.3 Å². The highest BCUT2D eigenvalue weighted by Gasteiger charge is 2.16. The van der Waals surface area contributed by atoms with E-state index < -0.39 is 0 Å². The van der Waals surface area contributed by atoms with Gasteiger partial charge < -0.3 is 9.88 Å². The van der Waals surface area contributed by atoms with E-state index in [-0.39, 0.29) is 0 Å². The third kappa shape index (κ3) is 4.19. The molecule has 0 bridgehead atoms. The van der Waals surface area contributed by atoms with Crippen molar-refractivity contribution in [2.45, 2.75) is 59.8 Å². The summed E-state index contributed by atoms with van der Waals surface area (Å²) in [5.41, 5.74) is 5.75. The molecule has 2 aromatic rings. The van der Waals surface area contributed by atoms with Crippen molar-refractivity contribution in [3.05, 3.63) is 33.4 Å². The molecule has 0 aliphatic carbocycles. The molecule has 0 radical (unpaired) electrons. The number of rotatable bonds is 9. The van der Waals surface area contributed by atoms with E-state index in [9.17, 15) is 0 Å². The lowest BCUT2D eigenvalue weighted by Gasteiger charge is -2.18. The second-order valence-corrected chi connectivity index (χ2v) is 7.08. The Morgan fingerprint density at radius 3 is 2.30 bits per heavy atom. The molecule has 1 aromatic carbocycles. The molecule has 0 fully saturated rings. The third-order valence-electron chi connectivity index (χ3n) is 4.93. The summed E-state index contributed by atoms with van der Waals surface area (Å²) in [5, 5.41) is 1.48. The van der Waals surface area contributed by atoms with E-state index in [0.717, 1.165) is 32.5 Å². The smallest absolute Gasteiger partial charge is 0.0864 e. The lowest BCUT2D eigenvalue weighted by Crippen LogP contribution is -2.25. The number of nitrogens with zero attached hydrogens (tertiary/aromatic N) is 1. The quantitative estimate of drug-likeness (QED) is 0.590. The largest absolute Gasteiger partial charge is 0.349 e. The number of fused-ring (bicyclic) bond motifs is 1. The van der Waals surface area contributed by atoms with Crippen molar-refractivity contribution >= 4 is 26.8 Å². The molecule has 0 unspecified atom stereocenters.